The van der Waals surface area contributed by atoms with Gasteiger partial charge in [-0.3, -0.25) is 20.0 Å². The standard InChI is InChI=1S/C16H19N3O9/c1-3-7(2)13(20)25-6-8-10-11(28-15(22)14(21)27-10)12(26-8)19-5-4-9(18-24)17-16(19)23/h4-5,7-8,10-12,24H,3,6H2,1-2H3,(H,17,18,23)/t7-,8-,10-,11-,12-/m1/s1. The summed E-state index contributed by atoms with van der Waals surface area (Å²) in [5.41, 5.74) is 0.923. The van der Waals surface area contributed by atoms with E-state index in [2.05, 4.69) is 4.98 Å². The number of hydrogen-bond acceptors (Lipinski definition) is 11. The molecule has 0 aliphatic carbocycles. The largest absolute Gasteiger partial charge is 0.463 e. The van der Waals surface area contributed by atoms with Crippen LogP contribution in [0.1, 0.15) is 26.5 Å². The second-order valence-electron chi connectivity index (χ2n) is 6.36. The molecule has 0 radical (unpaired) electrons. The minimum Gasteiger partial charge on any atom is -0.463 e. The molecule has 28 heavy (non-hydrogen) atoms. The summed E-state index contributed by atoms with van der Waals surface area (Å²) < 4.78 is 22.1. The van der Waals surface area contributed by atoms with Crippen LogP contribution in [0.3, 0.4) is 0 Å². The number of carbonyl (C=O) groups excluding carboxylic acids is 3. The first kappa shape index (κ1) is 19.8. The summed E-state index contributed by atoms with van der Waals surface area (Å²) in [6, 6.07) is 1.28. The Balaban J connectivity index is 1.83. The molecule has 2 fully saturated rings. The highest BCUT2D eigenvalue weighted by Gasteiger charge is 2.55. The van der Waals surface area contributed by atoms with Crippen LogP contribution in [-0.4, -0.2) is 57.6 Å². The van der Waals surface area contributed by atoms with Gasteiger partial charge < -0.3 is 18.9 Å². The van der Waals surface area contributed by atoms with Crippen LogP contribution in [0.2, 0.25) is 0 Å². The molecule has 0 bridgehead atoms. The number of anilines is 1. The number of aromatic nitrogens is 2. The quantitative estimate of drug-likeness (QED) is 0.273. The summed E-state index contributed by atoms with van der Waals surface area (Å²) in [5, 5.41) is 8.83. The Morgan fingerprint density at radius 2 is 2.00 bits per heavy atom. The van der Waals surface area contributed by atoms with E-state index in [4.69, 9.17) is 24.2 Å². The number of ether oxygens (including phenoxy) is 4. The monoisotopic (exact) mass is 397 g/mol. The van der Waals surface area contributed by atoms with E-state index in [1.165, 1.54) is 12.3 Å². The van der Waals surface area contributed by atoms with Crippen LogP contribution in [0, 0.1) is 5.92 Å². The number of carbonyl (C=O) groups is 3. The predicted octanol–water partition coefficient (Wildman–Crippen LogP) is -0.632. The van der Waals surface area contributed by atoms with Gasteiger partial charge in [-0.2, -0.15) is 4.98 Å². The highest BCUT2D eigenvalue weighted by molar-refractivity contribution is 6.30. The van der Waals surface area contributed by atoms with Gasteiger partial charge in [0.15, 0.2) is 24.3 Å². The first-order valence-corrected chi connectivity index (χ1v) is 8.58. The number of esters is 3. The molecule has 12 nitrogen and oxygen atoms in total. The molecule has 2 aliphatic rings. The molecule has 2 aliphatic heterocycles. The molecule has 0 saturated carbocycles. The fraction of sp³-hybridized carbons (Fsp3) is 0.562. The first-order chi connectivity index (χ1) is 13.3. The molecule has 1 aromatic rings. The molecule has 2 saturated heterocycles. The van der Waals surface area contributed by atoms with Crippen molar-refractivity contribution in [3.05, 3.63) is 22.7 Å². The number of hydrogen-bond donors (Lipinski definition) is 2. The normalized spacial score (nSPS) is 27.4. The van der Waals surface area contributed by atoms with Crippen molar-refractivity contribution >= 4 is 23.7 Å². The molecule has 0 aromatic carbocycles. The SMILES string of the molecule is CC[C@@H](C)C(=O)OC[C@H]1O[C@@H](n2ccc(NO)nc2=O)[C@@H]2OC(=O)C(=O)O[C@@H]21. The zero-order chi connectivity index (χ0) is 20.4. The molecule has 0 amide bonds. The van der Waals surface area contributed by atoms with Crippen LogP contribution >= 0.6 is 0 Å². The number of fused-ring (bicyclic) bond motifs is 1. The fourth-order valence-electron chi connectivity index (χ4n) is 2.82. The average molecular weight is 397 g/mol. The van der Waals surface area contributed by atoms with Gasteiger partial charge in [0.2, 0.25) is 0 Å². The first-order valence-electron chi connectivity index (χ1n) is 8.58. The van der Waals surface area contributed by atoms with Crippen LogP contribution in [-0.2, 0) is 33.3 Å². The maximum absolute atomic E-state index is 12.2. The van der Waals surface area contributed by atoms with Gasteiger partial charge in [-0.1, -0.05) is 13.8 Å². The minimum absolute atomic E-state index is 0.0955. The van der Waals surface area contributed by atoms with Gasteiger partial charge in [0, 0.05) is 6.20 Å². The van der Waals surface area contributed by atoms with E-state index in [1.807, 2.05) is 6.92 Å². The molecule has 2 N–H and O–H groups in total. The van der Waals surface area contributed by atoms with Crippen LogP contribution in [0.25, 0.3) is 0 Å². The average Bonchev–Trinajstić information content (AvgIpc) is 3.02. The molecule has 0 spiro atoms. The van der Waals surface area contributed by atoms with Crippen molar-refractivity contribution in [1.29, 1.82) is 0 Å². The Bertz CT molecular complexity index is 839. The van der Waals surface area contributed by atoms with Gasteiger partial charge in [0.25, 0.3) is 0 Å². The van der Waals surface area contributed by atoms with Gasteiger partial charge in [-0.05, 0) is 12.5 Å². The molecular formula is C16H19N3O9. The topological polar surface area (TPSA) is 155 Å². The highest BCUT2D eigenvalue weighted by atomic mass is 16.7. The molecule has 3 rings (SSSR count). The molecule has 1 aromatic heterocycles. The van der Waals surface area contributed by atoms with Crippen LogP contribution in [0.15, 0.2) is 17.1 Å². The minimum atomic E-state index is -1.22. The van der Waals surface area contributed by atoms with Crippen LogP contribution in [0.5, 0.6) is 0 Å². The predicted molar refractivity (Wildman–Crippen MR) is 88.0 cm³/mol. The van der Waals surface area contributed by atoms with E-state index in [9.17, 15) is 19.2 Å². The maximum atomic E-state index is 12.2. The lowest BCUT2D eigenvalue weighted by Crippen LogP contribution is -2.49. The Morgan fingerprint density at radius 1 is 1.32 bits per heavy atom. The summed E-state index contributed by atoms with van der Waals surface area (Å²) >= 11 is 0. The van der Waals surface area contributed by atoms with Crippen molar-refractivity contribution in [3.8, 4) is 0 Å². The Labute approximate surface area is 158 Å². The van der Waals surface area contributed by atoms with Crippen molar-refractivity contribution in [2.45, 2.75) is 44.8 Å². The molecule has 3 heterocycles. The van der Waals surface area contributed by atoms with Gasteiger partial charge in [-0.15, -0.1) is 0 Å². The smallest absolute Gasteiger partial charge is 0.418 e. The van der Waals surface area contributed by atoms with E-state index >= 15 is 0 Å². The summed E-state index contributed by atoms with van der Waals surface area (Å²) in [5.74, 6) is -3.30. The number of rotatable bonds is 6. The Morgan fingerprint density at radius 3 is 2.61 bits per heavy atom. The van der Waals surface area contributed by atoms with Crippen molar-refractivity contribution < 1.29 is 38.5 Å². The molecule has 5 atom stereocenters. The zero-order valence-electron chi connectivity index (χ0n) is 15.1. The fourth-order valence-corrected chi connectivity index (χ4v) is 2.82. The van der Waals surface area contributed by atoms with Crippen molar-refractivity contribution in [2.24, 2.45) is 5.92 Å². The Kier molecular flexibility index (Phi) is 5.61. The van der Waals surface area contributed by atoms with Gasteiger partial charge in [0.1, 0.15) is 12.7 Å². The third kappa shape index (κ3) is 3.68. The molecule has 0 unspecified atom stereocenters. The van der Waals surface area contributed by atoms with Gasteiger partial charge >= 0.3 is 23.6 Å². The number of nitrogens with zero attached hydrogens (tertiary/aromatic N) is 2. The molecular weight excluding hydrogens is 378 g/mol. The third-order valence-corrected chi connectivity index (χ3v) is 4.56. The molecule has 152 valence electrons. The van der Waals surface area contributed by atoms with Crippen molar-refractivity contribution in [3.63, 3.8) is 0 Å². The third-order valence-electron chi connectivity index (χ3n) is 4.56. The second kappa shape index (κ2) is 7.94. The second-order valence-corrected chi connectivity index (χ2v) is 6.36. The van der Waals surface area contributed by atoms with Gasteiger partial charge in [0.05, 0.1) is 5.92 Å². The lowest BCUT2D eigenvalue weighted by molar-refractivity contribution is -0.195. The highest BCUT2D eigenvalue weighted by Crippen LogP contribution is 2.35. The Hall–Kier alpha value is -2.99. The van der Waals surface area contributed by atoms with E-state index in [-0.39, 0.29) is 18.3 Å². The van der Waals surface area contributed by atoms with Crippen molar-refractivity contribution in [1.82, 2.24) is 9.55 Å². The summed E-state index contributed by atoms with van der Waals surface area (Å²) in [6.45, 7) is 3.27. The lowest BCUT2D eigenvalue weighted by Gasteiger charge is -2.28. The summed E-state index contributed by atoms with van der Waals surface area (Å²) in [6.07, 6.45) is -2.48. The van der Waals surface area contributed by atoms with E-state index in [0.717, 1.165) is 4.57 Å². The summed E-state index contributed by atoms with van der Waals surface area (Å²) in [7, 11) is 0. The zero-order valence-corrected chi connectivity index (χ0v) is 15.1. The van der Waals surface area contributed by atoms with Crippen molar-refractivity contribution in [2.75, 3.05) is 12.1 Å². The number of nitrogens with one attached hydrogen (secondary N) is 1. The van der Waals surface area contributed by atoms with E-state index < -0.39 is 48.1 Å². The summed E-state index contributed by atoms with van der Waals surface area (Å²) in [4.78, 5) is 50.9. The van der Waals surface area contributed by atoms with E-state index in [1.54, 1.807) is 12.4 Å². The molecule has 12 heteroatoms. The maximum Gasteiger partial charge on any atom is 0.418 e. The lowest BCUT2D eigenvalue weighted by atomic mass is 10.1. The van der Waals surface area contributed by atoms with Gasteiger partial charge in [-0.25, -0.2) is 14.4 Å². The van der Waals surface area contributed by atoms with Crippen LogP contribution in [0.4, 0.5) is 5.82 Å². The van der Waals surface area contributed by atoms with E-state index in [0.29, 0.717) is 6.42 Å². The van der Waals surface area contributed by atoms with Crippen LogP contribution < -0.4 is 11.2 Å².